The summed E-state index contributed by atoms with van der Waals surface area (Å²) in [6.07, 6.45) is 4.39. The molecular formula is C31H24Cl2N2O7. The van der Waals surface area contributed by atoms with Crippen molar-refractivity contribution < 1.29 is 33.4 Å². The van der Waals surface area contributed by atoms with Crippen molar-refractivity contribution in [2.24, 2.45) is 11.8 Å². The maximum Gasteiger partial charge on any atom is 0.343 e. The number of carbonyl (C=O) groups excluding carboxylic acids is 5. The number of hydrogen-bond acceptors (Lipinski definition) is 7. The molecule has 9 nitrogen and oxygen atoms in total. The Morgan fingerprint density at radius 1 is 0.810 bits per heavy atom. The molecule has 1 saturated heterocycles. The van der Waals surface area contributed by atoms with Crippen molar-refractivity contribution in [2.45, 2.75) is 12.8 Å². The Labute approximate surface area is 251 Å². The van der Waals surface area contributed by atoms with E-state index in [4.69, 9.17) is 32.7 Å². The number of ketones is 1. The van der Waals surface area contributed by atoms with Crippen LogP contribution in [0.2, 0.25) is 10.0 Å². The van der Waals surface area contributed by atoms with Crippen LogP contribution in [0, 0.1) is 11.8 Å². The summed E-state index contributed by atoms with van der Waals surface area (Å²) >= 11 is 12.1. The number of amides is 3. The molecule has 3 aromatic carbocycles. The van der Waals surface area contributed by atoms with Crippen molar-refractivity contribution in [1.29, 1.82) is 0 Å². The fraction of sp³-hybridized carbons (Fsp3) is 0.194. The van der Waals surface area contributed by atoms with E-state index >= 15 is 0 Å². The molecular weight excluding hydrogens is 583 g/mol. The molecule has 3 aromatic rings. The van der Waals surface area contributed by atoms with Crippen LogP contribution in [-0.4, -0.2) is 53.1 Å². The zero-order chi connectivity index (χ0) is 30.0. The monoisotopic (exact) mass is 606 g/mol. The Morgan fingerprint density at radius 2 is 1.45 bits per heavy atom. The number of esters is 1. The van der Waals surface area contributed by atoms with E-state index in [-0.39, 0.29) is 32.5 Å². The summed E-state index contributed by atoms with van der Waals surface area (Å²) in [4.78, 5) is 66.3. The van der Waals surface area contributed by atoms with Crippen LogP contribution >= 0.6 is 23.2 Å². The van der Waals surface area contributed by atoms with Crippen molar-refractivity contribution in [1.82, 2.24) is 10.0 Å². The van der Waals surface area contributed by atoms with Crippen LogP contribution in [0.4, 0.5) is 0 Å². The highest BCUT2D eigenvalue weighted by molar-refractivity contribution is 6.42. The zero-order valence-electron chi connectivity index (χ0n) is 22.3. The van der Waals surface area contributed by atoms with Gasteiger partial charge in [-0.05, 0) is 73.5 Å². The number of halogens is 2. The number of ether oxygens (including phenoxy) is 2. The zero-order valence-corrected chi connectivity index (χ0v) is 23.8. The lowest BCUT2D eigenvalue weighted by atomic mass is 9.85. The van der Waals surface area contributed by atoms with Crippen molar-refractivity contribution in [3.63, 3.8) is 0 Å². The first-order valence-corrected chi connectivity index (χ1v) is 13.7. The molecule has 0 bridgehead atoms. The average Bonchev–Trinajstić information content (AvgIpc) is 3.26. The van der Waals surface area contributed by atoms with Gasteiger partial charge in [0, 0.05) is 11.1 Å². The second-order valence-electron chi connectivity index (χ2n) is 9.70. The normalized spacial score (nSPS) is 17.5. The molecule has 0 spiro atoms. The summed E-state index contributed by atoms with van der Waals surface area (Å²) in [6, 6.07) is 16.3. The third-order valence-electron chi connectivity index (χ3n) is 7.11. The van der Waals surface area contributed by atoms with E-state index in [2.05, 4.69) is 0 Å². The number of fused-ring (bicyclic) bond motifs is 1. The molecule has 0 aromatic heterocycles. The Hall–Kier alpha value is -4.47. The largest absolute Gasteiger partial charge is 0.497 e. The van der Waals surface area contributed by atoms with E-state index < -0.39 is 47.9 Å². The van der Waals surface area contributed by atoms with Crippen molar-refractivity contribution in [3.05, 3.63) is 106 Å². The van der Waals surface area contributed by atoms with Crippen LogP contribution in [0.25, 0.3) is 0 Å². The summed E-state index contributed by atoms with van der Waals surface area (Å²) in [5.74, 6) is -3.57. The summed E-state index contributed by atoms with van der Waals surface area (Å²) in [5, 5.41) is 1.97. The number of carbonyl (C=O) groups is 5. The van der Waals surface area contributed by atoms with Crippen LogP contribution in [0.15, 0.2) is 78.9 Å². The third-order valence-corrected chi connectivity index (χ3v) is 7.85. The molecule has 2 atom stereocenters. The molecule has 5 rings (SSSR count). The number of imide groups is 1. The van der Waals surface area contributed by atoms with Crippen molar-refractivity contribution >= 4 is 52.7 Å². The molecule has 42 heavy (non-hydrogen) atoms. The van der Waals surface area contributed by atoms with Crippen LogP contribution in [0.1, 0.15) is 43.9 Å². The summed E-state index contributed by atoms with van der Waals surface area (Å²) in [6.45, 7) is -0.605. The highest BCUT2D eigenvalue weighted by Crippen LogP contribution is 2.36. The minimum Gasteiger partial charge on any atom is -0.497 e. The molecule has 2 aliphatic rings. The number of benzene rings is 3. The van der Waals surface area contributed by atoms with Crippen molar-refractivity contribution in [2.75, 3.05) is 13.7 Å². The first kappa shape index (κ1) is 29.0. The number of rotatable bonds is 8. The molecule has 0 saturated carbocycles. The topological polar surface area (TPSA) is 110 Å². The smallest absolute Gasteiger partial charge is 0.343 e. The first-order chi connectivity index (χ1) is 20.2. The van der Waals surface area contributed by atoms with Gasteiger partial charge in [0.1, 0.15) is 18.0 Å². The number of hydrazine groups is 1. The van der Waals surface area contributed by atoms with Crippen LogP contribution in [-0.2, 0) is 9.59 Å². The van der Waals surface area contributed by atoms with E-state index in [1.165, 1.54) is 55.6 Å². The number of Topliss-reactive ketones (excluding diaryl/α,β-unsaturated/α-hetero) is 1. The predicted molar refractivity (Wildman–Crippen MR) is 153 cm³/mol. The second kappa shape index (κ2) is 12.2. The number of allylic oxidation sites excluding steroid dienone is 2. The van der Waals surface area contributed by atoms with E-state index in [1.54, 1.807) is 18.2 Å². The molecule has 3 amide bonds. The van der Waals surface area contributed by atoms with Gasteiger partial charge >= 0.3 is 5.97 Å². The summed E-state index contributed by atoms with van der Waals surface area (Å²) < 4.78 is 10.5. The van der Waals surface area contributed by atoms with Gasteiger partial charge in [0.2, 0.25) is 0 Å². The first-order valence-electron chi connectivity index (χ1n) is 13.0. The van der Waals surface area contributed by atoms with Gasteiger partial charge in [-0.1, -0.05) is 41.4 Å². The maximum atomic E-state index is 13.7. The van der Waals surface area contributed by atoms with Crippen LogP contribution < -0.4 is 9.47 Å². The number of methoxy groups -OCH3 is 1. The minimum atomic E-state index is -0.765. The van der Waals surface area contributed by atoms with Gasteiger partial charge in [-0.15, -0.1) is 0 Å². The molecule has 1 aliphatic carbocycles. The van der Waals surface area contributed by atoms with Crippen LogP contribution in [0.3, 0.4) is 0 Å². The third kappa shape index (κ3) is 5.79. The van der Waals surface area contributed by atoms with Gasteiger partial charge in [0.05, 0.1) is 34.6 Å². The average molecular weight is 607 g/mol. The summed E-state index contributed by atoms with van der Waals surface area (Å²) in [5.41, 5.74) is 0.494. The van der Waals surface area contributed by atoms with Gasteiger partial charge < -0.3 is 9.47 Å². The van der Waals surface area contributed by atoms with E-state index in [0.717, 1.165) is 10.0 Å². The van der Waals surface area contributed by atoms with Crippen LogP contribution in [0.5, 0.6) is 11.5 Å². The van der Waals surface area contributed by atoms with Gasteiger partial charge in [0.15, 0.2) is 5.78 Å². The van der Waals surface area contributed by atoms with Gasteiger partial charge in [-0.3, -0.25) is 19.2 Å². The number of nitrogens with zero attached hydrogens (tertiary/aromatic N) is 2. The molecule has 1 fully saturated rings. The van der Waals surface area contributed by atoms with E-state index in [1.807, 2.05) is 12.2 Å². The van der Waals surface area contributed by atoms with Gasteiger partial charge in [-0.25, -0.2) is 9.80 Å². The molecule has 0 unspecified atom stereocenters. The molecule has 0 N–H and O–H groups in total. The lowest BCUT2D eigenvalue weighted by Crippen LogP contribution is -2.52. The van der Waals surface area contributed by atoms with Crippen molar-refractivity contribution in [3.8, 4) is 11.5 Å². The fourth-order valence-electron chi connectivity index (χ4n) is 4.88. The second-order valence-corrected chi connectivity index (χ2v) is 10.5. The van der Waals surface area contributed by atoms with E-state index in [0.29, 0.717) is 18.6 Å². The quantitative estimate of drug-likeness (QED) is 0.111. The fourth-order valence-corrected chi connectivity index (χ4v) is 5.18. The lowest BCUT2D eigenvalue weighted by Gasteiger charge is -2.30. The molecule has 0 radical (unpaired) electrons. The lowest BCUT2D eigenvalue weighted by molar-refractivity contribution is -0.154. The summed E-state index contributed by atoms with van der Waals surface area (Å²) in [7, 11) is 1.49. The molecule has 11 heteroatoms. The predicted octanol–water partition coefficient (Wildman–Crippen LogP) is 5.41. The Morgan fingerprint density at radius 3 is 2.07 bits per heavy atom. The Balaban J connectivity index is 1.37. The Bertz CT molecular complexity index is 1590. The SMILES string of the molecule is COc1cccc(C(=O)Oc2ccc(C(=O)CN(C(=O)c3ccc(Cl)c(Cl)c3)N3C(=O)[C@H]4CC=CC[C@H]4C3=O)cc2)c1. The highest BCUT2D eigenvalue weighted by Gasteiger charge is 2.51. The maximum absolute atomic E-state index is 13.7. The van der Waals surface area contributed by atoms with Gasteiger partial charge in [0.25, 0.3) is 17.7 Å². The van der Waals surface area contributed by atoms with Gasteiger partial charge in [-0.2, -0.15) is 5.01 Å². The highest BCUT2D eigenvalue weighted by atomic mass is 35.5. The molecule has 1 aliphatic heterocycles. The standard InChI is InChI=1S/C31H24Cl2N2O7/c1-41-22-6-4-5-20(15-22)31(40)42-21-12-9-18(10-13-21)27(36)17-34(28(37)19-11-14-25(32)26(33)16-19)35-29(38)23-7-2-3-8-24(23)30(35)39/h2-6,9-16,23-24H,7-8,17H2,1H3/t23-,24+. The minimum absolute atomic E-state index is 0.0469. The molecule has 1 heterocycles. The Kier molecular flexibility index (Phi) is 8.42. The van der Waals surface area contributed by atoms with E-state index in [9.17, 15) is 24.0 Å². The molecule has 214 valence electrons. The number of hydrogen-bond donors (Lipinski definition) is 0.